The maximum atomic E-state index is 12.4. The molecular weight excluding hydrogens is 385 g/mol. The number of rotatable bonds is 6. The van der Waals surface area contributed by atoms with Gasteiger partial charge in [-0.25, -0.2) is 9.67 Å². The Bertz CT molecular complexity index is 892. The summed E-state index contributed by atoms with van der Waals surface area (Å²) in [6.45, 7) is 2.24. The van der Waals surface area contributed by atoms with Crippen LogP contribution in [0.4, 0.5) is 5.69 Å². The molecule has 27 heavy (non-hydrogen) atoms. The number of anilines is 1. The monoisotopic (exact) mass is 403 g/mol. The van der Waals surface area contributed by atoms with Crippen molar-refractivity contribution >= 4 is 34.8 Å². The lowest BCUT2D eigenvalue weighted by Crippen LogP contribution is -2.32. The van der Waals surface area contributed by atoms with Gasteiger partial charge in [-0.2, -0.15) is 5.10 Å². The van der Waals surface area contributed by atoms with E-state index in [-0.39, 0.29) is 18.5 Å². The van der Waals surface area contributed by atoms with Crippen molar-refractivity contribution < 1.29 is 4.79 Å². The first kappa shape index (κ1) is 19.4. The van der Waals surface area contributed by atoms with E-state index in [2.05, 4.69) is 15.4 Å². The number of halogens is 2. The number of para-hydroxylation sites is 1. The molecule has 0 bridgehead atoms. The predicted octanol–water partition coefficient (Wildman–Crippen LogP) is 4.21. The minimum atomic E-state index is -0.182. The molecule has 0 saturated carbocycles. The molecule has 0 radical (unpaired) electrons. The molecule has 0 saturated heterocycles. The van der Waals surface area contributed by atoms with Gasteiger partial charge in [0, 0.05) is 6.04 Å². The molecule has 3 rings (SSSR count). The van der Waals surface area contributed by atoms with Gasteiger partial charge in [-0.15, -0.1) is 0 Å². The van der Waals surface area contributed by atoms with E-state index in [0.717, 1.165) is 11.3 Å². The molecule has 1 heterocycles. The van der Waals surface area contributed by atoms with E-state index in [1.165, 1.54) is 6.33 Å². The fourth-order valence-electron chi connectivity index (χ4n) is 2.66. The number of aromatic nitrogens is 3. The summed E-state index contributed by atoms with van der Waals surface area (Å²) < 4.78 is 1.69. The van der Waals surface area contributed by atoms with Crippen LogP contribution in [0.2, 0.25) is 10.0 Å². The smallest absolute Gasteiger partial charge is 0.238 e. The van der Waals surface area contributed by atoms with Crippen molar-refractivity contribution in [3.05, 3.63) is 70.7 Å². The number of nitrogens with zero attached hydrogens (tertiary/aromatic N) is 4. The van der Waals surface area contributed by atoms with Crippen molar-refractivity contribution in [1.29, 1.82) is 0 Å². The van der Waals surface area contributed by atoms with Crippen LogP contribution in [0.3, 0.4) is 0 Å². The Labute approximate surface area is 167 Å². The van der Waals surface area contributed by atoms with Crippen molar-refractivity contribution in [3.63, 3.8) is 0 Å². The van der Waals surface area contributed by atoms with Crippen LogP contribution in [-0.2, 0) is 4.79 Å². The zero-order valence-electron chi connectivity index (χ0n) is 14.9. The molecule has 0 unspecified atom stereocenters. The highest BCUT2D eigenvalue weighted by molar-refractivity contribution is 6.39. The highest BCUT2D eigenvalue weighted by Crippen LogP contribution is 2.30. The quantitative estimate of drug-likeness (QED) is 0.669. The lowest BCUT2D eigenvalue weighted by molar-refractivity contribution is -0.117. The summed E-state index contributed by atoms with van der Waals surface area (Å²) in [4.78, 5) is 18.3. The van der Waals surface area contributed by atoms with Crippen LogP contribution in [0.25, 0.3) is 5.69 Å². The van der Waals surface area contributed by atoms with Crippen molar-refractivity contribution in [2.24, 2.45) is 0 Å². The van der Waals surface area contributed by atoms with Crippen molar-refractivity contribution in [2.45, 2.75) is 13.0 Å². The topological polar surface area (TPSA) is 63.1 Å². The van der Waals surface area contributed by atoms with Crippen LogP contribution in [0.1, 0.15) is 18.5 Å². The first-order valence-corrected chi connectivity index (χ1v) is 9.10. The Hall–Kier alpha value is -2.41. The summed E-state index contributed by atoms with van der Waals surface area (Å²) in [7, 11) is 1.89. The number of likely N-dealkylation sites (N-methyl/N-ethyl adjacent to an activating group) is 1. The zero-order chi connectivity index (χ0) is 19.4. The van der Waals surface area contributed by atoms with E-state index in [4.69, 9.17) is 23.2 Å². The SMILES string of the molecule is C[C@@H](c1ccc(-n2cncn2)cc1)N(C)CC(=O)Nc1c(Cl)cccc1Cl. The molecule has 1 atom stereocenters. The van der Waals surface area contributed by atoms with Crippen LogP contribution >= 0.6 is 23.2 Å². The molecule has 1 aromatic heterocycles. The first-order valence-electron chi connectivity index (χ1n) is 8.35. The molecule has 1 N–H and O–H groups in total. The number of hydrogen-bond donors (Lipinski definition) is 1. The van der Waals surface area contributed by atoms with Crippen molar-refractivity contribution in [3.8, 4) is 5.69 Å². The third kappa shape index (κ3) is 4.66. The van der Waals surface area contributed by atoms with E-state index in [0.29, 0.717) is 15.7 Å². The van der Waals surface area contributed by atoms with Gasteiger partial charge in [0.15, 0.2) is 0 Å². The van der Waals surface area contributed by atoms with Crippen LogP contribution in [0.5, 0.6) is 0 Å². The Morgan fingerprint density at radius 1 is 1.19 bits per heavy atom. The maximum Gasteiger partial charge on any atom is 0.238 e. The third-order valence-corrected chi connectivity index (χ3v) is 4.97. The van der Waals surface area contributed by atoms with E-state index in [9.17, 15) is 4.79 Å². The molecule has 2 aromatic carbocycles. The summed E-state index contributed by atoms with van der Waals surface area (Å²) in [5.74, 6) is -0.182. The van der Waals surface area contributed by atoms with Gasteiger partial charge in [-0.05, 0) is 43.8 Å². The fourth-order valence-corrected chi connectivity index (χ4v) is 3.15. The molecule has 0 aliphatic heterocycles. The molecule has 1 amide bonds. The van der Waals surface area contributed by atoms with Crippen molar-refractivity contribution in [2.75, 3.05) is 18.9 Å². The molecule has 8 heteroatoms. The fraction of sp³-hybridized carbons (Fsp3) is 0.211. The average molecular weight is 404 g/mol. The summed E-state index contributed by atoms with van der Waals surface area (Å²) in [6, 6.07) is 13.1. The molecule has 0 spiro atoms. The Balaban J connectivity index is 1.63. The molecule has 140 valence electrons. The van der Waals surface area contributed by atoms with Crippen LogP contribution < -0.4 is 5.32 Å². The summed E-state index contributed by atoms with van der Waals surface area (Å²) >= 11 is 12.2. The molecule has 6 nitrogen and oxygen atoms in total. The van der Waals surface area contributed by atoms with Gasteiger partial charge in [-0.3, -0.25) is 9.69 Å². The zero-order valence-corrected chi connectivity index (χ0v) is 16.4. The molecule has 0 aliphatic rings. The van der Waals surface area contributed by atoms with Gasteiger partial charge in [0.2, 0.25) is 5.91 Å². The van der Waals surface area contributed by atoms with Gasteiger partial charge in [0.1, 0.15) is 12.7 Å². The standard InChI is InChI=1S/C19H19Cl2N5O/c1-13(14-6-8-15(9-7-14)26-12-22-11-23-26)25(2)10-18(27)24-19-16(20)4-3-5-17(19)21/h3-9,11-13H,10H2,1-2H3,(H,24,27)/t13-/m0/s1. The number of nitrogens with one attached hydrogen (secondary N) is 1. The van der Waals surface area contributed by atoms with Gasteiger partial charge in [0.05, 0.1) is 28.0 Å². The van der Waals surface area contributed by atoms with E-state index >= 15 is 0 Å². The molecular formula is C19H19Cl2N5O. The van der Waals surface area contributed by atoms with Crippen LogP contribution in [-0.4, -0.2) is 39.2 Å². The van der Waals surface area contributed by atoms with Gasteiger partial charge in [0.25, 0.3) is 0 Å². The molecule has 0 fully saturated rings. The van der Waals surface area contributed by atoms with E-state index in [1.807, 2.05) is 43.1 Å². The molecule has 3 aromatic rings. The highest BCUT2D eigenvalue weighted by Gasteiger charge is 2.17. The number of carbonyl (C=O) groups excluding carboxylic acids is 1. The first-order chi connectivity index (χ1) is 13.0. The largest absolute Gasteiger partial charge is 0.322 e. The summed E-state index contributed by atoms with van der Waals surface area (Å²) in [5, 5.41) is 7.72. The Morgan fingerprint density at radius 2 is 1.85 bits per heavy atom. The highest BCUT2D eigenvalue weighted by atomic mass is 35.5. The lowest BCUT2D eigenvalue weighted by Gasteiger charge is -2.25. The predicted molar refractivity (Wildman–Crippen MR) is 107 cm³/mol. The number of carbonyl (C=O) groups is 1. The van der Waals surface area contributed by atoms with Gasteiger partial charge < -0.3 is 5.32 Å². The number of benzene rings is 2. The Morgan fingerprint density at radius 3 is 2.44 bits per heavy atom. The van der Waals surface area contributed by atoms with Crippen molar-refractivity contribution in [1.82, 2.24) is 19.7 Å². The Kier molecular flexibility index (Phi) is 6.11. The van der Waals surface area contributed by atoms with Crippen LogP contribution in [0.15, 0.2) is 55.1 Å². The summed E-state index contributed by atoms with van der Waals surface area (Å²) in [5.41, 5.74) is 2.45. The van der Waals surface area contributed by atoms with E-state index < -0.39 is 0 Å². The third-order valence-electron chi connectivity index (χ3n) is 4.34. The van der Waals surface area contributed by atoms with Gasteiger partial charge >= 0.3 is 0 Å². The minimum absolute atomic E-state index is 0.0438. The lowest BCUT2D eigenvalue weighted by atomic mass is 10.1. The second-order valence-electron chi connectivity index (χ2n) is 6.17. The number of amides is 1. The van der Waals surface area contributed by atoms with E-state index in [1.54, 1.807) is 29.2 Å². The normalized spacial score (nSPS) is 12.2. The minimum Gasteiger partial charge on any atom is -0.322 e. The maximum absolute atomic E-state index is 12.4. The summed E-state index contributed by atoms with van der Waals surface area (Å²) in [6.07, 6.45) is 3.14. The van der Waals surface area contributed by atoms with Crippen LogP contribution in [0, 0.1) is 0 Å². The second-order valence-corrected chi connectivity index (χ2v) is 6.98. The molecule has 0 aliphatic carbocycles. The number of hydrogen-bond acceptors (Lipinski definition) is 4. The average Bonchev–Trinajstić information content (AvgIpc) is 3.19. The second kappa shape index (κ2) is 8.52. The van der Waals surface area contributed by atoms with Gasteiger partial charge in [-0.1, -0.05) is 41.4 Å².